The van der Waals surface area contributed by atoms with E-state index in [2.05, 4.69) is 5.10 Å². The van der Waals surface area contributed by atoms with Crippen molar-refractivity contribution in [3.63, 3.8) is 0 Å². The summed E-state index contributed by atoms with van der Waals surface area (Å²) in [7, 11) is 1.77. The van der Waals surface area contributed by atoms with Crippen LogP contribution in [0.5, 0.6) is 0 Å². The highest BCUT2D eigenvalue weighted by molar-refractivity contribution is 5.07. The fourth-order valence-corrected chi connectivity index (χ4v) is 2.13. The number of rotatable bonds is 1. The molecule has 1 aliphatic carbocycles. The Morgan fingerprint density at radius 3 is 2.62 bits per heavy atom. The Morgan fingerprint density at radius 1 is 1.38 bits per heavy atom. The van der Waals surface area contributed by atoms with Crippen LogP contribution in [0.2, 0.25) is 0 Å². The Kier molecular flexibility index (Phi) is 2.25. The number of nitrogens with one attached hydrogen (secondary N) is 1. The van der Waals surface area contributed by atoms with Crippen LogP contribution in [-0.2, 0) is 7.05 Å². The summed E-state index contributed by atoms with van der Waals surface area (Å²) >= 11 is 0. The summed E-state index contributed by atoms with van der Waals surface area (Å²) in [5, 5.41) is 3.12. The second-order valence-electron chi connectivity index (χ2n) is 3.94. The lowest BCUT2D eigenvalue weighted by Crippen LogP contribution is -2.10. The Bertz CT molecular complexity index is 331. The van der Waals surface area contributed by atoms with Crippen molar-refractivity contribution < 1.29 is 0 Å². The molecule has 3 heteroatoms. The second kappa shape index (κ2) is 3.40. The molecule has 13 heavy (non-hydrogen) atoms. The predicted molar refractivity (Wildman–Crippen MR) is 51.9 cm³/mol. The molecule has 0 saturated heterocycles. The molecule has 1 aromatic rings. The van der Waals surface area contributed by atoms with Gasteiger partial charge >= 0.3 is 0 Å². The van der Waals surface area contributed by atoms with Gasteiger partial charge < -0.3 is 0 Å². The largest absolute Gasteiger partial charge is 0.300 e. The molecule has 0 aromatic carbocycles. The van der Waals surface area contributed by atoms with Crippen molar-refractivity contribution in [1.82, 2.24) is 9.78 Å². The zero-order valence-corrected chi connectivity index (χ0v) is 8.05. The number of hydrogen-bond donors (Lipinski definition) is 1. The van der Waals surface area contributed by atoms with Crippen LogP contribution < -0.4 is 5.56 Å². The van der Waals surface area contributed by atoms with Gasteiger partial charge in [0.2, 0.25) is 0 Å². The van der Waals surface area contributed by atoms with Gasteiger partial charge in [-0.2, -0.15) is 0 Å². The van der Waals surface area contributed by atoms with E-state index in [1.165, 1.54) is 32.1 Å². The first-order valence-electron chi connectivity index (χ1n) is 5.03. The third-order valence-electron chi connectivity index (χ3n) is 2.95. The first-order valence-corrected chi connectivity index (χ1v) is 5.03. The van der Waals surface area contributed by atoms with E-state index in [-0.39, 0.29) is 5.56 Å². The summed E-state index contributed by atoms with van der Waals surface area (Å²) in [4.78, 5) is 11.2. The van der Waals surface area contributed by atoms with Crippen LogP contribution in [0.25, 0.3) is 0 Å². The maximum atomic E-state index is 11.2. The standard InChI is InChI=1S/C10H16N2O/c1-12-10(13)7-9(11-12)8-5-3-2-4-6-8/h7-8,11H,2-6H2,1H3. The highest BCUT2D eigenvalue weighted by Gasteiger charge is 2.17. The molecule has 1 saturated carbocycles. The molecule has 1 aromatic heterocycles. The first kappa shape index (κ1) is 8.60. The van der Waals surface area contributed by atoms with E-state index in [0.717, 1.165) is 5.69 Å². The van der Waals surface area contributed by atoms with Gasteiger partial charge in [-0.05, 0) is 12.8 Å². The average molecular weight is 180 g/mol. The number of nitrogens with zero attached hydrogens (tertiary/aromatic N) is 1. The summed E-state index contributed by atoms with van der Waals surface area (Å²) in [5.41, 5.74) is 1.22. The van der Waals surface area contributed by atoms with Crippen LogP contribution in [0.15, 0.2) is 10.9 Å². The molecule has 1 aliphatic rings. The van der Waals surface area contributed by atoms with E-state index < -0.39 is 0 Å². The molecule has 0 spiro atoms. The lowest BCUT2D eigenvalue weighted by Gasteiger charge is -2.19. The van der Waals surface area contributed by atoms with Crippen molar-refractivity contribution in [2.45, 2.75) is 38.0 Å². The molecule has 1 fully saturated rings. The topological polar surface area (TPSA) is 37.8 Å². The Hall–Kier alpha value is -0.990. The molecule has 3 nitrogen and oxygen atoms in total. The maximum absolute atomic E-state index is 11.2. The van der Waals surface area contributed by atoms with Gasteiger partial charge in [-0.15, -0.1) is 0 Å². The summed E-state index contributed by atoms with van der Waals surface area (Å²) in [6, 6.07) is 1.75. The Morgan fingerprint density at radius 2 is 2.08 bits per heavy atom. The minimum atomic E-state index is 0.0839. The fraction of sp³-hybridized carbons (Fsp3) is 0.700. The molecule has 1 N–H and O–H groups in total. The second-order valence-corrected chi connectivity index (χ2v) is 3.94. The Labute approximate surface area is 77.7 Å². The summed E-state index contributed by atoms with van der Waals surface area (Å²) in [6.07, 6.45) is 6.44. The summed E-state index contributed by atoms with van der Waals surface area (Å²) < 4.78 is 1.56. The molecule has 0 atom stereocenters. The van der Waals surface area contributed by atoms with Gasteiger partial charge in [-0.3, -0.25) is 14.6 Å². The Balaban J connectivity index is 2.19. The highest BCUT2D eigenvalue weighted by Crippen LogP contribution is 2.30. The average Bonchev–Trinajstić information content (AvgIpc) is 2.49. The molecule has 1 heterocycles. The van der Waals surface area contributed by atoms with E-state index in [1.54, 1.807) is 17.8 Å². The number of aryl methyl sites for hydroxylation is 1. The molecule has 0 unspecified atom stereocenters. The maximum Gasteiger partial charge on any atom is 0.266 e. The molecule has 0 aliphatic heterocycles. The zero-order valence-electron chi connectivity index (χ0n) is 8.05. The van der Waals surface area contributed by atoms with Crippen molar-refractivity contribution in [2.24, 2.45) is 7.05 Å². The molecule has 0 radical (unpaired) electrons. The first-order chi connectivity index (χ1) is 6.27. The third kappa shape index (κ3) is 1.69. The number of aromatic nitrogens is 2. The zero-order chi connectivity index (χ0) is 9.26. The van der Waals surface area contributed by atoms with Crippen LogP contribution in [0.3, 0.4) is 0 Å². The molecular weight excluding hydrogens is 164 g/mol. The van der Waals surface area contributed by atoms with Gasteiger partial charge in [-0.25, -0.2) is 0 Å². The monoisotopic (exact) mass is 180 g/mol. The highest BCUT2D eigenvalue weighted by atomic mass is 16.1. The lowest BCUT2D eigenvalue weighted by atomic mass is 9.87. The van der Waals surface area contributed by atoms with Crippen molar-refractivity contribution >= 4 is 0 Å². The quantitative estimate of drug-likeness (QED) is 0.702. The SMILES string of the molecule is Cn1[nH]c(C2CCCCC2)cc1=O. The third-order valence-corrected chi connectivity index (χ3v) is 2.95. The van der Waals surface area contributed by atoms with Crippen LogP contribution in [0.1, 0.15) is 43.7 Å². The van der Waals surface area contributed by atoms with Gasteiger partial charge in [0.15, 0.2) is 0 Å². The molecule has 2 rings (SSSR count). The van der Waals surface area contributed by atoms with E-state index in [0.29, 0.717) is 5.92 Å². The smallest absolute Gasteiger partial charge is 0.266 e. The van der Waals surface area contributed by atoms with E-state index in [4.69, 9.17) is 0 Å². The number of hydrogen-bond acceptors (Lipinski definition) is 1. The lowest BCUT2D eigenvalue weighted by molar-refractivity contribution is 0.433. The minimum Gasteiger partial charge on any atom is -0.300 e. The molecule has 72 valence electrons. The van der Waals surface area contributed by atoms with Crippen LogP contribution in [0, 0.1) is 0 Å². The van der Waals surface area contributed by atoms with Crippen LogP contribution in [0.4, 0.5) is 0 Å². The van der Waals surface area contributed by atoms with Gasteiger partial charge in [0.1, 0.15) is 0 Å². The van der Waals surface area contributed by atoms with Crippen LogP contribution >= 0.6 is 0 Å². The predicted octanol–water partition coefficient (Wildman–Crippen LogP) is 1.76. The normalized spacial score (nSPS) is 19.2. The number of H-pyrrole nitrogens is 1. The van der Waals surface area contributed by atoms with Crippen molar-refractivity contribution in [3.05, 3.63) is 22.1 Å². The van der Waals surface area contributed by atoms with Gasteiger partial charge in [0.25, 0.3) is 5.56 Å². The van der Waals surface area contributed by atoms with E-state index >= 15 is 0 Å². The van der Waals surface area contributed by atoms with Crippen molar-refractivity contribution in [3.8, 4) is 0 Å². The summed E-state index contributed by atoms with van der Waals surface area (Å²) in [5.74, 6) is 0.600. The summed E-state index contributed by atoms with van der Waals surface area (Å²) in [6.45, 7) is 0. The van der Waals surface area contributed by atoms with Gasteiger partial charge in [0, 0.05) is 24.7 Å². The van der Waals surface area contributed by atoms with Crippen LogP contribution in [-0.4, -0.2) is 9.78 Å². The van der Waals surface area contributed by atoms with E-state index in [1.807, 2.05) is 0 Å². The van der Waals surface area contributed by atoms with E-state index in [9.17, 15) is 4.79 Å². The number of aromatic amines is 1. The molecule has 0 bridgehead atoms. The molecular formula is C10H16N2O. The fourth-order valence-electron chi connectivity index (χ4n) is 2.13. The van der Waals surface area contributed by atoms with Crippen molar-refractivity contribution in [2.75, 3.05) is 0 Å². The van der Waals surface area contributed by atoms with Gasteiger partial charge in [0.05, 0.1) is 0 Å². The molecule has 0 amide bonds. The van der Waals surface area contributed by atoms with Gasteiger partial charge in [-0.1, -0.05) is 19.3 Å². The van der Waals surface area contributed by atoms with Crippen molar-refractivity contribution in [1.29, 1.82) is 0 Å². The minimum absolute atomic E-state index is 0.0839.